The Morgan fingerprint density at radius 1 is 1.03 bits per heavy atom. The lowest BCUT2D eigenvalue weighted by molar-refractivity contribution is -0.116. The van der Waals surface area contributed by atoms with Gasteiger partial charge in [-0.15, -0.1) is 0 Å². The van der Waals surface area contributed by atoms with Gasteiger partial charge in [0.25, 0.3) is 5.56 Å². The highest BCUT2D eigenvalue weighted by Crippen LogP contribution is 2.35. The van der Waals surface area contributed by atoms with Crippen molar-refractivity contribution in [2.75, 3.05) is 19.5 Å². The maximum absolute atomic E-state index is 13.6. The zero-order valence-electron chi connectivity index (χ0n) is 20.0. The van der Waals surface area contributed by atoms with Crippen molar-refractivity contribution >= 4 is 34.2 Å². The summed E-state index contributed by atoms with van der Waals surface area (Å²) in [5.74, 6) is 0.241. The number of rotatable bonds is 6. The Morgan fingerprint density at radius 3 is 2.40 bits per heavy atom. The lowest BCUT2D eigenvalue weighted by Gasteiger charge is -2.15. The summed E-state index contributed by atoms with van der Waals surface area (Å²) in [5.41, 5.74) is 2.05. The zero-order chi connectivity index (χ0) is 25.4. The van der Waals surface area contributed by atoms with E-state index >= 15 is 0 Å². The first-order valence-corrected chi connectivity index (χ1v) is 11.1. The number of methoxy groups -OCH3 is 2. The third-order valence-electron chi connectivity index (χ3n) is 5.88. The minimum absolute atomic E-state index is 0.287. The van der Waals surface area contributed by atoms with E-state index in [4.69, 9.17) is 21.1 Å². The van der Waals surface area contributed by atoms with Crippen LogP contribution in [0.3, 0.4) is 0 Å². The van der Waals surface area contributed by atoms with Crippen molar-refractivity contribution < 1.29 is 14.3 Å². The Balaban J connectivity index is 1.84. The monoisotopic (exact) mass is 496 g/mol. The summed E-state index contributed by atoms with van der Waals surface area (Å²) in [4.78, 5) is 40.0. The van der Waals surface area contributed by atoms with Crippen molar-refractivity contribution in [1.29, 1.82) is 0 Å². The van der Waals surface area contributed by atoms with Gasteiger partial charge < -0.3 is 19.4 Å². The van der Waals surface area contributed by atoms with E-state index in [0.29, 0.717) is 33.9 Å². The molecule has 1 amide bonds. The Morgan fingerprint density at radius 2 is 1.74 bits per heavy atom. The standard InChI is InChI=1S/C25H25ClN4O5/c1-14-7-6-8-16(9-14)30-24(32)23-19(10-15(2)28(23)3)29(25(30)33)13-22(31)27-18-11-17(26)20(34-4)12-21(18)35-5/h6-12H,13H2,1-5H3,(H,27,31). The first kappa shape index (κ1) is 24.2. The molecule has 0 bridgehead atoms. The number of carbonyl (C=O) groups excluding carboxylic acids is 1. The second-order valence-electron chi connectivity index (χ2n) is 8.16. The topological polar surface area (TPSA) is 96.5 Å². The van der Waals surface area contributed by atoms with Crippen LogP contribution in [0.2, 0.25) is 5.02 Å². The van der Waals surface area contributed by atoms with Gasteiger partial charge in [-0.1, -0.05) is 23.7 Å². The number of halogens is 1. The number of hydrogen-bond donors (Lipinski definition) is 1. The van der Waals surface area contributed by atoms with Crippen molar-refractivity contribution in [1.82, 2.24) is 13.7 Å². The molecule has 1 N–H and O–H groups in total. The number of nitrogens with one attached hydrogen (secondary N) is 1. The van der Waals surface area contributed by atoms with Crippen LogP contribution in [0.5, 0.6) is 11.5 Å². The van der Waals surface area contributed by atoms with Gasteiger partial charge in [0.15, 0.2) is 0 Å². The predicted molar refractivity (Wildman–Crippen MR) is 135 cm³/mol. The summed E-state index contributed by atoms with van der Waals surface area (Å²) in [6.45, 7) is 3.37. The van der Waals surface area contributed by atoms with Crippen LogP contribution < -0.4 is 26.0 Å². The molecule has 2 heterocycles. The number of fused-ring (bicyclic) bond motifs is 1. The fourth-order valence-corrected chi connectivity index (χ4v) is 4.27. The summed E-state index contributed by atoms with van der Waals surface area (Å²) in [5, 5.41) is 3.03. The summed E-state index contributed by atoms with van der Waals surface area (Å²) >= 11 is 6.22. The molecule has 0 fully saturated rings. The van der Waals surface area contributed by atoms with E-state index in [-0.39, 0.29) is 11.6 Å². The average Bonchev–Trinajstić information content (AvgIpc) is 3.11. The van der Waals surface area contributed by atoms with Gasteiger partial charge in [0, 0.05) is 18.8 Å². The molecule has 0 atom stereocenters. The minimum atomic E-state index is -0.617. The summed E-state index contributed by atoms with van der Waals surface area (Å²) in [6, 6.07) is 11.9. The van der Waals surface area contributed by atoms with Crippen LogP contribution in [0.1, 0.15) is 11.3 Å². The minimum Gasteiger partial charge on any atom is -0.495 e. The molecule has 182 valence electrons. The number of carbonyl (C=O) groups is 1. The van der Waals surface area contributed by atoms with Gasteiger partial charge in [0.05, 0.1) is 36.1 Å². The van der Waals surface area contributed by atoms with Crippen molar-refractivity contribution in [3.8, 4) is 17.2 Å². The fraction of sp³-hybridized carbons (Fsp3) is 0.240. The van der Waals surface area contributed by atoms with Gasteiger partial charge in [-0.2, -0.15) is 0 Å². The largest absolute Gasteiger partial charge is 0.495 e. The van der Waals surface area contributed by atoms with Gasteiger partial charge in [0.1, 0.15) is 23.6 Å². The molecule has 10 heteroatoms. The molecule has 0 unspecified atom stereocenters. The van der Waals surface area contributed by atoms with Crippen LogP contribution in [0.4, 0.5) is 5.69 Å². The van der Waals surface area contributed by atoms with Crippen LogP contribution in [0.25, 0.3) is 16.7 Å². The van der Waals surface area contributed by atoms with Gasteiger partial charge in [-0.3, -0.25) is 14.2 Å². The van der Waals surface area contributed by atoms with E-state index in [0.717, 1.165) is 15.8 Å². The SMILES string of the molecule is COc1cc(OC)c(NC(=O)Cn2c(=O)n(-c3cccc(C)c3)c(=O)c3c2cc(C)n3C)cc1Cl. The lowest BCUT2D eigenvalue weighted by Crippen LogP contribution is -2.41. The molecule has 35 heavy (non-hydrogen) atoms. The molecule has 0 saturated heterocycles. The van der Waals surface area contributed by atoms with Crippen LogP contribution >= 0.6 is 11.6 Å². The number of anilines is 1. The van der Waals surface area contributed by atoms with E-state index in [1.165, 1.54) is 24.9 Å². The highest BCUT2D eigenvalue weighted by atomic mass is 35.5. The van der Waals surface area contributed by atoms with Gasteiger partial charge in [-0.25, -0.2) is 9.36 Å². The predicted octanol–water partition coefficient (Wildman–Crippen LogP) is 3.42. The van der Waals surface area contributed by atoms with Crippen LogP contribution in [0.15, 0.2) is 52.1 Å². The molecule has 0 radical (unpaired) electrons. The van der Waals surface area contributed by atoms with E-state index in [2.05, 4.69) is 5.32 Å². The van der Waals surface area contributed by atoms with Crippen molar-refractivity contribution in [3.05, 3.63) is 79.6 Å². The quantitative estimate of drug-likeness (QED) is 0.441. The second kappa shape index (κ2) is 9.34. The summed E-state index contributed by atoms with van der Waals surface area (Å²) in [6.07, 6.45) is 0. The lowest BCUT2D eigenvalue weighted by atomic mass is 10.2. The molecule has 0 aliphatic heterocycles. The normalized spacial score (nSPS) is 11.0. The average molecular weight is 497 g/mol. The first-order chi connectivity index (χ1) is 16.7. The molecule has 2 aromatic heterocycles. The van der Waals surface area contributed by atoms with E-state index in [1.54, 1.807) is 41.9 Å². The van der Waals surface area contributed by atoms with Gasteiger partial charge in [-0.05, 0) is 43.7 Å². The van der Waals surface area contributed by atoms with Gasteiger partial charge in [0.2, 0.25) is 5.91 Å². The Bertz CT molecular complexity index is 1580. The van der Waals surface area contributed by atoms with Crippen molar-refractivity contribution in [2.45, 2.75) is 20.4 Å². The Hall–Kier alpha value is -3.98. The highest BCUT2D eigenvalue weighted by molar-refractivity contribution is 6.32. The number of benzene rings is 2. The second-order valence-corrected chi connectivity index (χ2v) is 8.57. The van der Waals surface area contributed by atoms with Gasteiger partial charge >= 0.3 is 5.69 Å². The number of ether oxygens (including phenoxy) is 2. The molecule has 0 aliphatic carbocycles. The van der Waals surface area contributed by atoms with Crippen molar-refractivity contribution in [2.24, 2.45) is 7.05 Å². The Labute approximate surface area is 206 Å². The third kappa shape index (κ3) is 4.30. The number of aryl methyl sites for hydroxylation is 3. The maximum atomic E-state index is 13.6. The van der Waals surface area contributed by atoms with E-state index < -0.39 is 17.2 Å². The highest BCUT2D eigenvalue weighted by Gasteiger charge is 2.21. The van der Waals surface area contributed by atoms with Crippen LogP contribution in [-0.4, -0.2) is 33.8 Å². The molecule has 0 saturated carbocycles. The van der Waals surface area contributed by atoms with E-state index in [9.17, 15) is 14.4 Å². The fourth-order valence-electron chi connectivity index (χ4n) is 4.03. The van der Waals surface area contributed by atoms with Crippen LogP contribution in [0, 0.1) is 13.8 Å². The molecule has 4 rings (SSSR count). The van der Waals surface area contributed by atoms with Crippen LogP contribution in [-0.2, 0) is 18.4 Å². The maximum Gasteiger partial charge on any atom is 0.336 e. The molecule has 4 aromatic rings. The molecular formula is C25H25ClN4O5. The summed E-state index contributed by atoms with van der Waals surface area (Å²) < 4.78 is 14.6. The molecular weight excluding hydrogens is 472 g/mol. The van der Waals surface area contributed by atoms with E-state index in [1.807, 2.05) is 19.9 Å². The number of aromatic nitrogens is 3. The molecule has 2 aromatic carbocycles. The Kier molecular flexibility index (Phi) is 6.45. The molecule has 0 aliphatic rings. The first-order valence-electron chi connectivity index (χ1n) is 10.8. The zero-order valence-corrected chi connectivity index (χ0v) is 20.8. The summed E-state index contributed by atoms with van der Waals surface area (Å²) in [7, 11) is 4.68. The third-order valence-corrected chi connectivity index (χ3v) is 6.18. The number of amides is 1. The molecule has 9 nitrogen and oxygen atoms in total. The number of nitrogens with zero attached hydrogens (tertiary/aromatic N) is 3. The smallest absolute Gasteiger partial charge is 0.336 e. The number of hydrogen-bond acceptors (Lipinski definition) is 5. The molecule has 0 spiro atoms. The van der Waals surface area contributed by atoms with Crippen molar-refractivity contribution in [3.63, 3.8) is 0 Å².